The fraction of sp³-hybridized carbons (Fsp3) is 0.594. The van der Waals surface area contributed by atoms with Crippen molar-refractivity contribution in [2.24, 2.45) is 5.92 Å². The summed E-state index contributed by atoms with van der Waals surface area (Å²) in [5.41, 5.74) is 6.19. The Morgan fingerprint density at radius 2 is 1.82 bits per heavy atom. The topological polar surface area (TPSA) is 90.9 Å². The number of esters is 1. The van der Waals surface area contributed by atoms with Gasteiger partial charge in [0.2, 0.25) is 10.0 Å². The molecule has 0 saturated heterocycles. The summed E-state index contributed by atoms with van der Waals surface area (Å²) in [5.74, 6) is 1.08. The number of carbonyl (C=O) groups is 1. The predicted molar refractivity (Wildman–Crippen MR) is 155 cm³/mol. The molecule has 3 saturated carbocycles. The molecule has 2 aromatic carbocycles. The number of carbonyl (C=O) groups excluding carboxylic acids is 1. The standard InChI is InChI=1S/C32H41NO6S/c1-20-27(33-40(35,36)19-21-7-4-3-5-8-21)18-26(22-10-11-22)30(24-12-15-28-23(17-24)9-6-16-38-28)29(20)31(32(34)37-2)39-25-13-14-25/h12,15,17-18,21-22,25,31,33H,3-11,13-14,16,19H2,1-2H3. The van der Waals surface area contributed by atoms with Crippen LogP contribution in [0.2, 0.25) is 0 Å². The number of rotatable bonds is 10. The summed E-state index contributed by atoms with van der Waals surface area (Å²) in [5, 5.41) is 0. The molecule has 1 N–H and O–H groups in total. The molecule has 2 aromatic rings. The minimum Gasteiger partial charge on any atom is -0.493 e. The fourth-order valence-corrected chi connectivity index (χ4v) is 8.01. The first-order valence-electron chi connectivity index (χ1n) is 15.0. The molecule has 216 valence electrons. The van der Waals surface area contributed by atoms with Gasteiger partial charge in [0.05, 0.1) is 31.3 Å². The highest BCUT2D eigenvalue weighted by Crippen LogP contribution is 2.51. The average molecular weight is 568 g/mol. The van der Waals surface area contributed by atoms with Crippen LogP contribution in [0.5, 0.6) is 5.75 Å². The van der Waals surface area contributed by atoms with Gasteiger partial charge in [0, 0.05) is 5.56 Å². The molecule has 1 atom stereocenters. The van der Waals surface area contributed by atoms with Gasteiger partial charge in [-0.05, 0) is 116 Å². The third-order valence-electron chi connectivity index (χ3n) is 8.86. The van der Waals surface area contributed by atoms with Gasteiger partial charge in [0.1, 0.15) is 5.75 Å². The molecule has 7 nitrogen and oxygen atoms in total. The number of hydrogen-bond acceptors (Lipinski definition) is 6. The molecule has 8 heteroatoms. The van der Waals surface area contributed by atoms with E-state index in [9.17, 15) is 13.2 Å². The highest BCUT2D eigenvalue weighted by atomic mass is 32.2. The van der Waals surface area contributed by atoms with Gasteiger partial charge >= 0.3 is 5.97 Å². The van der Waals surface area contributed by atoms with E-state index in [4.69, 9.17) is 14.2 Å². The lowest BCUT2D eigenvalue weighted by Crippen LogP contribution is -2.26. The third-order valence-corrected chi connectivity index (χ3v) is 10.3. The summed E-state index contributed by atoms with van der Waals surface area (Å²) in [6, 6.07) is 8.28. The SMILES string of the molecule is COC(=O)C(OC1CC1)c1c(C)c(NS(=O)(=O)CC2CCCCC2)cc(C2CC2)c1-c1ccc2c(c1)CCCO2. The quantitative estimate of drug-likeness (QED) is 0.326. The van der Waals surface area contributed by atoms with E-state index in [1.165, 1.54) is 13.5 Å². The molecule has 0 radical (unpaired) electrons. The Morgan fingerprint density at radius 3 is 2.52 bits per heavy atom. The second-order valence-corrected chi connectivity index (χ2v) is 13.9. The number of benzene rings is 2. The van der Waals surface area contributed by atoms with Crippen LogP contribution in [0.15, 0.2) is 24.3 Å². The van der Waals surface area contributed by atoms with E-state index in [2.05, 4.69) is 16.9 Å². The van der Waals surface area contributed by atoms with Crippen molar-refractivity contribution in [3.8, 4) is 16.9 Å². The van der Waals surface area contributed by atoms with Crippen LogP contribution >= 0.6 is 0 Å². The molecule has 0 aromatic heterocycles. The Morgan fingerprint density at radius 1 is 1.05 bits per heavy atom. The smallest absolute Gasteiger partial charge is 0.339 e. The molecule has 6 rings (SSSR count). The van der Waals surface area contributed by atoms with Gasteiger partial charge in [0.15, 0.2) is 6.10 Å². The van der Waals surface area contributed by atoms with Crippen molar-refractivity contribution in [1.29, 1.82) is 0 Å². The number of anilines is 1. The van der Waals surface area contributed by atoms with E-state index >= 15 is 0 Å². The molecule has 0 spiro atoms. The normalized spacial score (nSPS) is 20.4. The van der Waals surface area contributed by atoms with Gasteiger partial charge in [-0.25, -0.2) is 13.2 Å². The van der Waals surface area contributed by atoms with E-state index in [0.29, 0.717) is 11.6 Å². The van der Waals surface area contributed by atoms with Crippen LogP contribution < -0.4 is 9.46 Å². The molecule has 1 heterocycles. The summed E-state index contributed by atoms with van der Waals surface area (Å²) in [4.78, 5) is 13.3. The molecule has 0 amide bonds. The number of sulfonamides is 1. The fourth-order valence-electron chi connectivity index (χ4n) is 6.43. The van der Waals surface area contributed by atoms with E-state index < -0.39 is 22.1 Å². The van der Waals surface area contributed by atoms with Crippen molar-refractivity contribution in [1.82, 2.24) is 0 Å². The van der Waals surface area contributed by atoms with Crippen LogP contribution in [0, 0.1) is 12.8 Å². The second-order valence-electron chi connectivity index (χ2n) is 12.1. The number of fused-ring (bicyclic) bond motifs is 1. The lowest BCUT2D eigenvalue weighted by atomic mass is 9.84. The lowest BCUT2D eigenvalue weighted by molar-refractivity contribution is -0.155. The molecule has 0 bridgehead atoms. The Kier molecular flexibility index (Phi) is 7.83. The number of hydrogen-bond donors (Lipinski definition) is 1. The van der Waals surface area contributed by atoms with Crippen molar-refractivity contribution in [3.05, 3.63) is 46.5 Å². The van der Waals surface area contributed by atoms with E-state index in [1.807, 2.05) is 19.1 Å². The van der Waals surface area contributed by atoms with E-state index in [-0.39, 0.29) is 17.8 Å². The maximum absolute atomic E-state index is 13.4. The van der Waals surface area contributed by atoms with Gasteiger partial charge < -0.3 is 14.2 Å². The molecule has 4 aliphatic rings. The van der Waals surface area contributed by atoms with Gasteiger partial charge in [0.25, 0.3) is 0 Å². The Bertz CT molecular complexity index is 1370. The Hall–Kier alpha value is -2.58. The number of methoxy groups -OCH3 is 1. The van der Waals surface area contributed by atoms with Gasteiger partial charge in [-0.3, -0.25) is 4.72 Å². The van der Waals surface area contributed by atoms with Crippen LogP contribution in [0.3, 0.4) is 0 Å². The van der Waals surface area contributed by atoms with Crippen molar-refractivity contribution in [2.75, 3.05) is 24.2 Å². The summed E-state index contributed by atoms with van der Waals surface area (Å²) >= 11 is 0. The molecule has 3 aliphatic carbocycles. The number of ether oxygens (including phenoxy) is 3. The van der Waals surface area contributed by atoms with Gasteiger partial charge in [-0.1, -0.05) is 25.3 Å². The van der Waals surface area contributed by atoms with Crippen LogP contribution in [0.4, 0.5) is 5.69 Å². The molecular formula is C32H41NO6S. The van der Waals surface area contributed by atoms with E-state index in [1.54, 1.807) is 0 Å². The minimum absolute atomic E-state index is 0.00399. The van der Waals surface area contributed by atoms with Gasteiger partial charge in [-0.15, -0.1) is 0 Å². The molecule has 1 unspecified atom stereocenters. The monoisotopic (exact) mass is 567 g/mol. The Balaban J connectivity index is 1.48. The first-order chi connectivity index (χ1) is 19.3. The first kappa shape index (κ1) is 27.6. The third kappa shape index (κ3) is 6.03. The predicted octanol–water partition coefficient (Wildman–Crippen LogP) is 6.58. The summed E-state index contributed by atoms with van der Waals surface area (Å²) in [6.07, 6.45) is 10.1. The zero-order chi connectivity index (χ0) is 27.9. The summed E-state index contributed by atoms with van der Waals surface area (Å²) in [6.45, 7) is 2.63. The average Bonchev–Trinajstić information content (AvgIpc) is 3.87. The van der Waals surface area contributed by atoms with Crippen molar-refractivity contribution in [2.45, 2.75) is 95.7 Å². The van der Waals surface area contributed by atoms with Crippen molar-refractivity contribution in [3.63, 3.8) is 0 Å². The summed E-state index contributed by atoms with van der Waals surface area (Å²) in [7, 11) is -2.19. The number of aryl methyl sites for hydroxylation is 1. The molecular weight excluding hydrogens is 526 g/mol. The second kappa shape index (κ2) is 11.4. The lowest BCUT2D eigenvalue weighted by Gasteiger charge is -2.28. The van der Waals surface area contributed by atoms with Gasteiger partial charge in [-0.2, -0.15) is 0 Å². The minimum atomic E-state index is -3.57. The van der Waals surface area contributed by atoms with Crippen molar-refractivity contribution >= 4 is 21.7 Å². The summed E-state index contributed by atoms with van der Waals surface area (Å²) < 4.78 is 47.3. The largest absolute Gasteiger partial charge is 0.493 e. The van der Waals surface area contributed by atoms with Crippen LogP contribution in [0.1, 0.15) is 98.5 Å². The molecule has 3 fully saturated rings. The van der Waals surface area contributed by atoms with E-state index in [0.717, 1.165) is 110 Å². The molecule has 1 aliphatic heterocycles. The first-order valence-corrected chi connectivity index (χ1v) is 16.7. The zero-order valence-corrected chi connectivity index (χ0v) is 24.5. The zero-order valence-electron chi connectivity index (χ0n) is 23.7. The highest BCUT2D eigenvalue weighted by Gasteiger charge is 2.38. The van der Waals surface area contributed by atoms with Crippen LogP contribution in [0.25, 0.3) is 11.1 Å². The Labute approximate surface area is 238 Å². The molecule has 40 heavy (non-hydrogen) atoms. The number of nitrogens with one attached hydrogen (secondary N) is 1. The van der Waals surface area contributed by atoms with Crippen LogP contribution in [-0.2, 0) is 30.7 Å². The van der Waals surface area contributed by atoms with Crippen molar-refractivity contribution < 1.29 is 27.4 Å². The maximum Gasteiger partial charge on any atom is 0.339 e. The maximum atomic E-state index is 13.4. The van der Waals surface area contributed by atoms with Crippen LogP contribution in [-0.4, -0.2) is 40.0 Å². The highest BCUT2D eigenvalue weighted by molar-refractivity contribution is 7.92.